The largest absolute Gasteiger partial charge is 0.478 e. The molecule has 5 rings (SSSR count). The van der Waals surface area contributed by atoms with E-state index in [1.54, 1.807) is 6.07 Å². The van der Waals surface area contributed by atoms with E-state index in [-0.39, 0.29) is 30.3 Å². The molecule has 0 saturated carbocycles. The molecule has 1 aromatic heterocycles. The molecular formula is C33H30N4O5. The zero-order chi connectivity index (χ0) is 29.5. The Bertz CT molecular complexity index is 1710. The molecule has 0 atom stereocenters. The number of nitrogens with zero attached hydrogens (tertiary/aromatic N) is 2. The van der Waals surface area contributed by atoms with Crippen LogP contribution >= 0.6 is 0 Å². The lowest BCUT2D eigenvalue weighted by Gasteiger charge is -2.22. The van der Waals surface area contributed by atoms with Crippen molar-refractivity contribution >= 4 is 46.3 Å². The van der Waals surface area contributed by atoms with E-state index in [1.807, 2.05) is 73.7 Å². The summed E-state index contributed by atoms with van der Waals surface area (Å²) in [5.41, 5.74) is 5.52. The molecule has 42 heavy (non-hydrogen) atoms. The Hall–Kier alpha value is -5.44. The number of hydrogen-bond donors (Lipinski definition) is 3. The molecule has 5 aromatic rings. The summed E-state index contributed by atoms with van der Waals surface area (Å²) in [6, 6.07) is 29.3. The molecule has 0 aliphatic rings. The van der Waals surface area contributed by atoms with Gasteiger partial charge < -0.3 is 25.1 Å². The van der Waals surface area contributed by atoms with Crippen LogP contribution in [0.2, 0.25) is 0 Å². The average molecular weight is 563 g/mol. The lowest BCUT2D eigenvalue weighted by atomic mass is 10.1. The average Bonchev–Trinajstić information content (AvgIpc) is 3.39. The SMILES string of the molecule is Cc1ccccc1Nc1nc2ccc(CC(=O)N(CCc3ccccc3)CC(=O)Nc3ccc(C(=O)O)cc3)cc2o1. The van der Waals surface area contributed by atoms with Crippen LogP contribution in [0, 0.1) is 6.92 Å². The molecule has 2 amide bonds. The number of oxazole rings is 1. The molecular weight excluding hydrogens is 532 g/mol. The number of aromatic nitrogens is 1. The summed E-state index contributed by atoms with van der Waals surface area (Å²) in [7, 11) is 0. The fourth-order valence-corrected chi connectivity index (χ4v) is 4.52. The monoisotopic (exact) mass is 562 g/mol. The van der Waals surface area contributed by atoms with Gasteiger partial charge in [-0.1, -0.05) is 54.6 Å². The van der Waals surface area contributed by atoms with E-state index in [9.17, 15) is 14.4 Å². The molecule has 9 heteroatoms. The number of nitrogens with one attached hydrogen (secondary N) is 2. The third-order valence-corrected chi connectivity index (χ3v) is 6.81. The summed E-state index contributed by atoms with van der Waals surface area (Å²) in [4.78, 5) is 43.5. The van der Waals surface area contributed by atoms with Crippen molar-refractivity contribution in [2.24, 2.45) is 0 Å². The van der Waals surface area contributed by atoms with Crippen molar-refractivity contribution in [1.82, 2.24) is 9.88 Å². The van der Waals surface area contributed by atoms with Crippen LogP contribution in [0.5, 0.6) is 0 Å². The van der Waals surface area contributed by atoms with Crippen LogP contribution < -0.4 is 10.6 Å². The molecule has 0 radical (unpaired) electrons. The number of carboxylic acids is 1. The standard InChI is InChI=1S/C33H30N4O5/c1-22-7-5-6-10-27(22)35-33-36-28-16-11-24(19-29(28)42-33)20-31(39)37(18-17-23-8-3-2-4-9-23)21-30(38)34-26-14-12-25(13-15-26)32(40)41/h2-16,19H,17-18,20-21H2,1H3,(H,34,38)(H,35,36)(H,40,41). The van der Waals surface area contributed by atoms with E-state index >= 15 is 0 Å². The van der Waals surface area contributed by atoms with Crippen molar-refractivity contribution in [3.63, 3.8) is 0 Å². The fraction of sp³-hybridized carbons (Fsp3) is 0.152. The third kappa shape index (κ3) is 7.19. The van der Waals surface area contributed by atoms with Gasteiger partial charge in [0.25, 0.3) is 6.01 Å². The molecule has 212 valence electrons. The number of aromatic carboxylic acids is 1. The summed E-state index contributed by atoms with van der Waals surface area (Å²) < 4.78 is 5.92. The van der Waals surface area contributed by atoms with Crippen LogP contribution in [0.1, 0.15) is 27.0 Å². The van der Waals surface area contributed by atoms with Crippen molar-refractivity contribution in [2.75, 3.05) is 23.7 Å². The van der Waals surface area contributed by atoms with Crippen LogP contribution in [0.3, 0.4) is 0 Å². The summed E-state index contributed by atoms with van der Waals surface area (Å²) in [5.74, 6) is -1.63. The van der Waals surface area contributed by atoms with E-state index in [0.717, 1.165) is 22.4 Å². The van der Waals surface area contributed by atoms with Gasteiger partial charge in [0.05, 0.1) is 18.5 Å². The molecule has 0 aliphatic carbocycles. The molecule has 4 aromatic carbocycles. The van der Waals surface area contributed by atoms with Gasteiger partial charge in [-0.25, -0.2) is 4.79 Å². The van der Waals surface area contributed by atoms with E-state index in [0.29, 0.717) is 35.8 Å². The van der Waals surface area contributed by atoms with Gasteiger partial charge in [0, 0.05) is 17.9 Å². The number of fused-ring (bicyclic) bond motifs is 1. The number of amides is 2. The number of para-hydroxylation sites is 1. The first kappa shape index (κ1) is 28.1. The van der Waals surface area contributed by atoms with E-state index in [1.165, 1.54) is 29.2 Å². The lowest BCUT2D eigenvalue weighted by Crippen LogP contribution is -2.40. The fourth-order valence-electron chi connectivity index (χ4n) is 4.52. The maximum absolute atomic E-state index is 13.5. The Morgan fingerprint density at radius 2 is 1.62 bits per heavy atom. The maximum Gasteiger partial charge on any atom is 0.335 e. The minimum atomic E-state index is -1.05. The highest BCUT2D eigenvalue weighted by Gasteiger charge is 2.19. The zero-order valence-electron chi connectivity index (χ0n) is 23.0. The van der Waals surface area contributed by atoms with Gasteiger partial charge in [-0.3, -0.25) is 9.59 Å². The van der Waals surface area contributed by atoms with E-state index in [2.05, 4.69) is 15.6 Å². The van der Waals surface area contributed by atoms with Crippen LogP contribution in [-0.2, 0) is 22.4 Å². The predicted octanol–water partition coefficient (Wildman–Crippen LogP) is 5.83. The topological polar surface area (TPSA) is 125 Å². The maximum atomic E-state index is 13.5. The van der Waals surface area contributed by atoms with Crippen LogP contribution in [-0.4, -0.2) is 45.9 Å². The number of aryl methyl sites for hydroxylation is 1. The molecule has 0 spiro atoms. The molecule has 0 aliphatic heterocycles. The normalized spacial score (nSPS) is 10.8. The van der Waals surface area contributed by atoms with E-state index in [4.69, 9.17) is 9.52 Å². The summed E-state index contributed by atoms with van der Waals surface area (Å²) in [5, 5.41) is 15.0. The van der Waals surface area contributed by atoms with Crippen molar-refractivity contribution in [3.8, 4) is 0 Å². The minimum absolute atomic E-state index is 0.0760. The first-order valence-electron chi connectivity index (χ1n) is 13.5. The quantitative estimate of drug-likeness (QED) is 0.185. The molecule has 9 nitrogen and oxygen atoms in total. The second-order valence-electron chi connectivity index (χ2n) is 9.92. The molecule has 3 N–H and O–H groups in total. The number of rotatable bonds is 11. The predicted molar refractivity (Wildman–Crippen MR) is 161 cm³/mol. The molecule has 1 heterocycles. The highest BCUT2D eigenvalue weighted by Crippen LogP contribution is 2.25. The van der Waals surface area contributed by atoms with Gasteiger partial charge in [-0.05, 0) is 72.5 Å². The van der Waals surface area contributed by atoms with Crippen molar-refractivity contribution in [3.05, 3.63) is 119 Å². The van der Waals surface area contributed by atoms with Gasteiger partial charge >= 0.3 is 5.97 Å². The Morgan fingerprint density at radius 1 is 0.881 bits per heavy atom. The summed E-state index contributed by atoms with van der Waals surface area (Å²) in [6.07, 6.45) is 0.662. The molecule has 0 bridgehead atoms. The smallest absolute Gasteiger partial charge is 0.335 e. The summed E-state index contributed by atoms with van der Waals surface area (Å²) in [6.45, 7) is 2.19. The number of carbonyl (C=O) groups is 3. The molecule has 0 fully saturated rings. The van der Waals surface area contributed by atoms with Gasteiger partial charge in [-0.15, -0.1) is 0 Å². The van der Waals surface area contributed by atoms with Gasteiger partial charge in [0.2, 0.25) is 11.8 Å². The van der Waals surface area contributed by atoms with Gasteiger partial charge in [0.15, 0.2) is 5.58 Å². The lowest BCUT2D eigenvalue weighted by molar-refractivity contribution is -0.134. The van der Waals surface area contributed by atoms with Crippen LogP contribution in [0.4, 0.5) is 17.4 Å². The number of carbonyl (C=O) groups excluding carboxylic acids is 2. The highest BCUT2D eigenvalue weighted by atomic mass is 16.4. The number of anilines is 3. The first-order valence-corrected chi connectivity index (χ1v) is 13.5. The number of benzene rings is 4. The Kier molecular flexibility index (Phi) is 8.58. The van der Waals surface area contributed by atoms with Crippen molar-refractivity contribution in [1.29, 1.82) is 0 Å². The second-order valence-corrected chi connectivity index (χ2v) is 9.92. The van der Waals surface area contributed by atoms with Crippen molar-refractivity contribution in [2.45, 2.75) is 19.8 Å². The number of hydrogen-bond acceptors (Lipinski definition) is 6. The van der Waals surface area contributed by atoms with Crippen LogP contribution in [0.25, 0.3) is 11.1 Å². The Labute approximate surface area is 242 Å². The third-order valence-electron chi connectivity index (χ3n) is 6.81. The first-order chi connectivity index (χ1) is 20.3. The van der Waals surface area contributed by atoms with E-state index < -0.39 is 5.97 Å². The number of carboxylic acid groups (broad SMARTS) is 1. The Morgan fingerprint density at radius 3 is 2.36 bits per heavy atom. The molecule has 0 saturated heterocycles. The summed E-state index contributed by atoms with van der Waals surface area (Å²) >= 11 is 0. The van der Waals surface area contributed by atoms with Gasteiger partial charge in [-0.2, -0.15) is 4.98 Å². The Balaban J connectivity index is 1.28. The highest BCUT2D eigenvalue weighted by molar-refractivity contribution is 5.95. The van der Waals surface area contributed by atoms with Gasteiger partial charge in [0.1, 0.15) is 5.52 Å². The van der Waals surface area contributed by atoms with Crippen LogP contribution in [0.15, 0.2) is 101 Å². The second kappa shape index (κ2) is 12.8. The van der Waals surface area contributed by atoms with Crippen molar-refractivity contribution < 1.29 is 23.9 Å². The molecule has 0 unspecified atom stereocenters. The minimum Gasteiger partial charge on any atom is -0.478 e. The zero-order valence-corrected chi connectivity index (χ0v) is 23.0.